The van der Waals surface area contributed by atoms with E-state index in [-0.39, 0.29) is 11.4 Å². The lowest BCUT2D eigenvalue weighted by molar-refractivity contribution is -0.165. The molecule has 3 saturated carbocycles. The van der Waals surface area contributed by atoms with Gasteiger partial charge in [0.25, 0.3) is 0 Å². The Kier molecular flexibility index (Phi) is 1.16. The van der Waals surface area contributed by atoms with Gasteiger partial charge in [0.15, 0.2) is 0 Å². The lowest BCUT2D eigenvalue weighted by atomic mass is 9.38. The fourth-order valence-electron chi connectivity index (χ4n) is 2.88. The molecule has 1 N–H and O–H groups in total. The number of hydrogen-bond acceptors (Lipinski definition) is 1. The van der Waals surface area contributed by atoms with Crippen LogP contribution in [0.1, 0.15) is 39.5 Å². The zero-order valence-corrected chi connectivity index (χ0v) is 7.24. The van der Waals surface area contributed by atoms with E-state index < -0.39 is 0 Å². The second-order valence-corrected chi connectivity index (χ2v) is 4.35. The van der Waals surface area contributed by atoms with Gasteiger partial charge in [0.1, 0.15) is 0 Å². The van der Waals surface area contributed by atoms with E-state index in [1.54, 1.807) is 6.92 Å². The number of nitrogens with one attached hydrogen (secondary N) is 1. The Bertz CT molecular complexity index is 190. The van der Waals surface area contributed by atoms with Crippen molar-refractivity contribution in [3.63, 3.8) is 0 Å². The molecule has 0 heterocycles. The molecule has 0 aromatic heterocycles. The summed E-state index contributed by atoms with van der Waals surface area (Å²) < 4.78 is 0. The van der Waals surface area contributed by atoms with Gasteiger partial charge in [0.05, 0.1) is 0 Å². The van der Waals surface area contributed by atoms with Gasteiger partial charge in [-0.3, -0.25) is 4.79 Å². The van der Waals surface area contributed by atoms with Crippen LogP contribution in [-0.4, -0.2) is 11.4 Å². The molecule has 2 heteroatoms. The summed E-state index contributed by atoms with van der Waals surface area (Å²) in [5.74, 6) is 0.134. The molecule has 11 heavy (non-hydrogen) atoms. The first-order valence-electron chi connectivity index (χ1n) is 4.39. The molecule has 3 fully saturated rings. The zero-order chi connectivity index (χ0) is 8.11. The highest BCUT2D eigenvalue weighted by Crippen LogP contribution is 2.68. The molecule has 0 aliphatic heterocycles. The van der Waals surface area contributed by atoms with Gasteiger partial charge in [-0.15, -0.1) is 0 Å². The van der Waals surface area contributed by atoms with Crippen LogP contribution in [0.5, 0.6) is 0 Å². The number of rotatable bonds is 2. The largest absolute Gasteiger partial charge is 0.351 e. The lowest BCUT2D eigenvalue weighted by Gasteiger charge is -2.70. The van der Waals surface area contributed by atoms with Crippen molar-refractivity contribution in [3.05, 3.63) is 0 Å². The van der Waals surface area contributed by atoms with Gasteiger partial charge in [-0.05, 0) is 24.7 Å². The number of hydrogen-bond donors (Lipinski definition) is 1. The highest BCUT2D eigenvalue weighted by atomic mass is 16.1. The average Bonchev–Trinajstić information content (AvgIpc) is 1.74. The topological polar surface area (TPSA) is 29.1 Å². The van der Waals surface area contributed by atoms with Crippen LogP contribution in [0.4, 0.5) is 0 Å². The molecule has 3 rings (SSSR count). The van der Waals surface area contributed by atoms with Crippen molar-refractivity contribution < 1.29 is 4.79 Å². The Balaban J connectivity index is 1.89. The fourth-order valence-corrected chi connectivity index (χ4v) is 2.88. The quantitative estimate of drug-likeness (QED) is 0.639. The summed E-state index contributed by atoms with van der Waals surface area (Å²) in [6.07, 6.45) is 4.98. The third kappa shape index (κ3) is 0.815. The molecule has 0 saturated heterocycles. The smallest absolute Gasteiger partial charge is 0.217 e. The van der Waals surface area contributed by atoms with Gasteiger partial charge in [0, 0.05) is 12.5 Å². The molecular weight excluding hydrogens is 138 g/mol. The average molecular weight is 153 g/mol. The monoisotopic (exact) mass is 153 g/mol. The van der Waals surface area contributed by atoms with Gasteiger partial charge in [-0.25, -0.2) is 0 Å². The molecular formula is C9H15NO. The molecule has 3 aliphatic rings. The van der Waals surface area contributed by atoms with Crippen molar-refractivity contribution in [3.8, 4) is 0 Å². The summed E-state index contributed by atoms with van der Waals surface area (Å²) in [5.41, 5.74) is 0.893. The first-order chi connectivity index (χ1) is 5.10. The predicted molar refractivity (Wildman–Crippen MR) is 43.1 cm³/mol. The Labute approximate surface area is 67.4 Å². The molecule has 0 aromatic carbocycles. The second-order valence-electron chi connectivity index (χ2n) is 4.35. The Morgan fingerprint density at radius 1 is 1.45 bits per heavy atom. The molecule has 62 valence electrons. The van der Waals surface area contributed by atoms with Gasteiger partial charge in [0.2, 0.25) is 5.91 Å². The first kappa shape index (κ1) is 7.14. The maximum Gasteiger partial charge on any atom is 0.217 e. The molecule has 0 unspecified atom stereocenters. The fraction of sp³-hybridized carbons (Fsp3) is 0.889. The Morgan fingerprint density at radius 2 is 2.00 bits per heavy atom. The molecule has 2 nitrogen and oxygen atoms in total. The number of carbonyl (C=O) groups excluding carboxylic acids is 1. The van der Waals surface area contributed by atoms with Crippen molar-refractivity contribution in [2.24, 2.45) is 5.41 Å². The van der Waals surface area contributed by atoms with Crippen LogP contribution in [-0.2, 0) is 4.79 Å². The van der Waals surface area contributed by atoms with Crippen LogP contribution in [0, 0.1) is 5.41 Å². The number of carbonyl (C=O) groups is 1. The Morgan fingerprint density at radius 3 is 2.36 bits per heavy atom. The minimum Gasteiger partial charge on any atom is -0.351 e. The van der Waals surface area contributed by atoms with Crippen molar-refractivity contribution >= 4 is 5.91 Å². The summed E-state index contributed by atoms with van der Waals surface area (Å²) in [6, 6.07) is 0. The van der Waals surface area contributed by atoms with Crippen LogP contribution >= 0.6 is 0 Å². The molecule has 0 radical (unpaired) electrons. The molecule has 3 aliphatic carbocycles. The third-order valence-electron chi connectivity index (χ3n) is 3.33. The van der Waals surface area contributed by atoms with Crippen molar-refractivity contribution in [1.29, 1.82) is 0 Å². The molecule has 0 atom stereocenters. The van der Waals surface area contributed by atoms with Crippen LogP contribution in [0.3, 0.4) is 0 Å². The van der Waals surface area contributed by atoms with E-state index >= 15 is 0 Å². The van der Waals surface area contributed by atoms with Crippen molar-refractivity contribution in [2.45, 2.75) is 45.1 Å². The summed E-state index contributed by atoms with van der Waals surface area (Å²) in [6.45, 7) is 3.86. The summed E-state index contributed by atoms with van der Waals surface area (Å²) in [4.78, 5) is 10.8. The van der Waals surface area contributed by atoms with Gasteiger partial charge in [-0.1, -0.05) is 13.3 Å². The minimum atomic E-state index is 0.134. The standard InChI is InChI=1S/C9H15NO/c1-3-8-4-9(5-8,6-8)10-7(2)11/h3-6H2,1-2H3,(H,10,11). The highest BCUT2D eigenvalue weighted by Gasteiger charge is 2.66. The van der Waals surface area contributed by atoms with Crippen LogP contribution in [0.2, 0.25) is 0 Å². The molecule has 0 aromatic rings. The van der Waals surface area contributed by atoms with Crippen molar-refractivity contribution in [1.82, 2.24) is 5.32 Å². The van der Waals surface area contributed by atoms with E-state index in [0.717, 1.165) is 0 Å². The first-order valence-corrected chi connectivity index (χ1v) is 4.39. The van der Waals surface area contributed by atoms with E-state index in [1.807, 2.05) is 0 Å². The zero-order valence-electron chi connectivity index (χ0n) is 7.24. The summed E-state index contributed by atoms with van der Waals surface area (Å²) in [7, 11) is 0. The number of amides is 1. The van der Waals surface area contributed by atoms with E-state index in [4.69, 9.17) is 0 Å². The van der Waals surface area contributed by atoms with Gasteiger partial charge >= 0.3 is 0 Å². The molecule has 1 amide bonds. The summed E-state index contributed by atoms with van der Waals surface area (Å²) >= 11 is 0. The SMILES string of the molecule is CCC12CC(NC(C)=O)(C1)C2. The normalized spacial score (nSPS) is 45.6. The minimum absolute atomic E-state index is 0.134. The van der Waals surface area contributed by atoms with Crippen molar-refractivity contribution in [2.75, 3.05) is 0 Å². The lowest BCUT2D eigenvalue weighted by Crippen LogP contribution is -2.74. The maximum absolute atomic E-state index is 10.8. The van der Waals surface area contributed by atoms with Crippen LogP contribution in [0.15, 0.2) is 0 Å². The second kappa shape index (κ2) is 1.79. The maximum atomic E-state index is 10.8. The van der Waals surface area contributed by atoms with Gasteiger partial charge < -0.3 is 5.32 Å². The molecule has 0 spiro atoms. The van der Waals surface area contributed by atoms with Crippen LogP contribution in [0.25, 0.3) is 0 Å². The third-order valence-corrected chi connectivity index (χ3v) is 3.33. The van der Waals surface area contributed by atoms with E-state index in [9.17, 15) is 4.79 Å². The van der Waals surface area contributed by atoms with E-state index in [1.165, 1.54) is 25.7 Å². The van der Waals surface area contributed by atoms with Crippen LogP contribution < -0.4 is 5.32 Å². The highest BCUT2D eigenvalue weighted by molar-refractivity contribution is 5.74. The van der Waals surface area contributed by atoms with Gasteiger partial charge in [-0.2, -0.15) is 0 Å². The summed E-state index contributed by atoms with van der Waals surface area (Å²) in [5, 5.41) is 3.04. The predicted octanol–water partition coefficient (Wildman–Crippen LogP) is 1.46. The van der Waals surface area contributed by atoms with E-state index in [2.05, 4.69) is 12.2 Å². The molecule has 2 bridgehead atoms. The van der Waals surface area contributed by atoms with E-state index in [0.29, 0.717) is 5.41 Å². The Hall–Kier alpha value is -0.530.